The van der Waals surface area contributed by atoms with Gasteiger partial charge in [0.25, 0.3) is 5.91 Å². The highest BCUT2D eigenvalue weighted by Gasteiger charge is 2.30. The van der Waals surface area contributed by atoms with E-state index >= 15 is 0 Å². The average Bonchev–Trinajstić information content (AvgIpc) is 3.25. The second kappa shape index (κ2) is 8.98. The third-order valence-corrected chi connectivity index (χ3v) is 7.25. The quantitative estimate of drug-likeness (QED) is 0.689. The summed E-state index contributed by atoms with van der Waals surface area (Å²) in [5.74, 6) is 0.0237. The molecule has 2 aromatic carbocycles. The van der Waals surface area contributed by atoms with Crippen molar-refractivity contribution in [3.8, 4) is 5.75 Å². The lowest BCUT2D eigenvalue weighted by molar-refractivity contribution is 0.102. The lowest BCUT2D eigenvalue weighted by Gasteiger charge is -2.19. The Hall–Kier alpha value is -2.03. The van der Waals surface area contributed by atoms with Crippen molar-refractivity contribution in [2.45, 2.75) is 29.6 Å². The number of sulfonamides is 1. The number of hydrogen-bond donors (Lipinski definition) is 1. The van der Waals surface area contributed by atoms with Gasteiger partial charge in [-0.1, -0.05) is 12.1 Å². The SMILES string of the molecule is CCOc1ccc(NC(=O)c2ccccc2SC)cc1S(=O)(=O)N1CCCC1. The van der Waals surface area contributed by atoms with Gasteiger partial charge in [-0.15, -0.1) is 11.8 Å². The minimum atomic E-state index is -3.67. The molecule has 6 nitrogen and oxygen atoms in total. The molecule has 0 aromatic heterocycles. The number of nitrogens with one attached hydrogen (secondary N) is 1. The molecule has 1 amide bonds. The van der Waals surface area contributed by atoms with E-state index in [0.29, 0.717) is 36.7 Å². The van der Waals surface area contributed by atoms with Gasteiger partial charge in [-0.2, -0.15) is 4.31 Å². The highest BCUT2D eigenvalue weighted by atomic mass is 32.2. The first-order valence-corrected chi connectivity index (χ1v) is 11.8. The van der Waals surface area contributed by atoms with Crippen LogP contribution in [-0.4, -0.2) is 44.6 Å². The van der Waals surface area contributed by atoms with Gasteiger partial charge >= 0.3 is 0 Å². The Morgan fingerprint density at radius 1 is 1.18 bits per heavy atom. The van der Waals surface area contributed by atoms with Crippen molar-refractivity contribution in [2.75, 3.05) is 31.3 Å². The Bertz CT molecular complexity index is 954. The van der Waals surface area contributed by atoms with Crippen LogP contribution < -0.4 is 10.1 Å². The van der Waals surface area contributed by atoms with Crippen molar-refractivity contribution in [1.29, 1.82) is 0 Å². The summed E-state index contributed by atoms with van der Waals surface area (Å²) in [7, 11) is -3.67. The molecule has 0 spiro atoms. The predicted molar refractivity (Wildman–Crippen MR) is 112 cm³/mol. The van der Waals surface area contributed by atoms with Crippen molar-refractivity contribution < 1.29 is 17.9 Å². The predicted octanol–water partition coefficient (Wildman–Crippen LogP) is 3.84. The van der Waals surface area contributed by atoms with Crippen LogP contribution in [0.2, 0.25) is 0 Å². The maximum Gasteiger partial charge on any atom is 0.256 e. The minimum Gasteiger partial charge on any atom is -0.492 e. The van der Waals surface area contributed by atoms with Crippen LogP contribution in [0, 0.1) is 0 Å². The average molecular weight is 421 g/mol. The largest absolute Gasteiger partial charge is 0.492 e. The summed E-state index contributed by atoms with van der Waals surface area (Å²) in [6.45, 7) is 3.17. The highest BCUT2D eigenvalue weighted by molar-refractivity contribution is 7.98. The van der Waals surface area contributed by atoms with E-state index in [1.165, 1.54) is 22.1 Å². The van der Waals surface area contributed by atoms with Gasteiger partial charge in [-0.05, 0) is 56.4 Å². The number of amides is 1. The number of ether oxygens (including phenoxy) is 1. The van der Waals surface area contributed by atoms with Crippen LogP contribution in [0.15, 0.2) is 52.3 Å². The summed E-state index contributed by atoms with van der Waals surface area (Å²) in [5, 5.41) is 2.81. The van der Waals surface area contributed by atoms with Crippen molar-refractivity contribution in [3.05, 3.63) is 48.0 Å². The lowest BCUT2D eigenvalue weighted by atomic mass is 10.2. The van der Waals surface area contributed by atoms with E-state index in [1.807, 2.05) is 18.4 Å². The van der Waals surface area contributed by atoms with Gasteiger partial charge < -0.3 is 10.1 Å². The Kier molecular flexibility index (Phi) is 6.64. The van der Waals surface area contributed by atoms with Gasteiger partial charge in [0.05, 0.1) is 12.2 Å². The molecule has 1 fully saturated rings. The molecule has 8 heteroatoms. The molecule has 28 heavy (non-hydrogen) atoms. The fourth-order valence-corrected chi connectivity index (χ4v) is 5.43. The molecule has 1 aliphatic rings. The molecule has 1 N–H and O–H groups in total. The molecule has 1 heterocycles. The fourth-order valence-electron chi connectivity index (χ4n) is 3.16. The van der Waals surface area contributed by atoms with Gasteiger partial charge in [0, 0.05) is 23.7 Å². The van der Waals surface area contributed by atoms with E-state index in [1.54, 1.807) is 31.2 Å². The maximum atomic E-state index is 13.1. The summed E-state index contributed by atoms with van der Waals surface area (Å²) >= 11 is 1.48. The van der Waals surface area contributed by atoms with Crippen molar-refractivity contribution in [2.24, 2.45) is 0 Å². The zero-order valence-corrected chi connectivity index (χ0v) is 17.6. The number of carbonyl (C=O) groups is 1. The summed E-state index contributed by atoms with van der Waals surface area (Å²) in [5.41, 5.74) is 0.968. The minimum absolute atomic E-state index is 0.0900. The van der Waals surface area contributed by atoms with Crippen molar-refractivity contribution in [3.63, 3.8) is 0 Å². The van der Waals surface area contributed by atoms with Gasteiger partial charge in [-0.25, -0.2) is 8.42 Å². The Morgan fingerprint density at radius 2 is 1.89 bits per heavy atom. The van der Waals surface area contributed by atoms with Crippen LogP contribution in [-0.2, 0) is 10.0 Å². The topological polar surface area (TPSA) is 75.7 Å². The number of benzene rings is 2. The number of carbonyl (C=O) groups excluding carboxylic acids is 1. The van der Waals surface area contributed by atoms with E-state index in [-0.39, 0.29) is 10.8 Å². The molecular weight excluding hydrogens is 396 g/mol. The molecule has 2 aromatic rings. The first kappa shape index (κ1) is 20.7. The normalized spacial score (nSPS) is 14.8. The molecule has 0 unspecified atom stereocenters. The van der Waals surface area contributed by atoms with E-state index in [2.05, 4.69) is 5.32 Å². The number of anilines is 1. The van der Waals surface area contributed by atoms with Crippen LogP contribution in [0.5, 0.6) is 5.75 Å². The number of rotatable bonds is 7. The van der Waals surface area contributed by atoms with Crippen LogP contribution >= 0.6 is 11.8 Å². The Morgan fingerprint density at radius 3 is 2.57 bits per heavy atom. The Labute approximate surface area is 170 Å². The van der Waals surface area contributed by atoms with Crippen molar-refractivity contribution >= 4 is 33.4 Å². The first-order valence-electron chi connectivity index (χ1n) is 9.18. The molecule has 150 valence electrons. The van der Waals surface area contributed by atoms with Crippen LogP contribution in [0.1, 0.15) is 30.1 Å². The summed E-state index contributed by atoms with van der Waals surface area (Å²) in [4.78, 5) is 13.7. The number of hydrogen-bond acceptors (Lipinski definition) is 5. The number of nitrogens with zero attached hydrogens (tertiary/aromatic N) is 1. The smallest absolute Gasteiger partial charge is 0.256 e. The second-order valence-corrected chi connectivity index (χ2v) is 9.11. The van der Waals surface area contributed by atoms with E-state index < -0.39 is 10.0 Å². The molecule has 0 radical (unpaired) electrons. The van der Waals surface area contributed by atoms with Gasteiger partial charge in [0.2, 0.25) is 10.0 Å². The molecular formula is C20H24N2O4S2. The first-order chi connectivity index (χ1) is 13.5. The van der Waals surface area contributed by atoms with Crippen LogP contribution in [0.4, 0.5) is 5.69 Å². The standard InChI is InChI=1S/C20H24N2O4S2/c1-3-26-17-11-10-15(14-19(17)28(24,25)22-12-6-7-13-22)21-20(23)16-8-4-5-9-18(16)27-2/h4-5,8-11,14H,3,6-7,12-13H2,1-2H3,(H,21,23). The third-order valence-electron chi connectivity index (χ3n) is 4.54. The lowest BCUT2D eigenvalue weighted by Crippen LogP contribution is -2.28. The molecule has 0 bridgehead atoms. The molecule has 1 aliphatic heterocycles. The third kappa shape index (κ3) is 4.34. The summed E-state index contributed by atoms with van der Waals surface area (Å²) < 4.78 is 33.2. The van der Waals surface area contributed by atoms with Crippen LogP contribution in [0.3, 0.4) is 0 Å². The molecule has 3 rings (SSSR count). The van der Waals surface area contributed by atoms with Gasteiger partial charge in [-0.3, -0.25) is 4.79 Å². The van der Waals surface area contributed by atoms with E-state index in [9.17, 15) is 13.2 Å². The zero-order chi connectivity index (χ0) is 20.1. The Balaban J connectivity index is 1.93. The number of thioether (sulfide) groups is 1. The van der Waals surface area contributed by atoms with Gasteiger partial charge in [0.15, 0.2) is 0 Å². The summed E-state index contributed by atoms with van der Waals surface area (Å²) in [6.07, 6.45) is 3.61. The maximum absolute atomic E-state index is 13.1. The van der Waals surface area contributed by atoms with Gasteiger partial charge in [0.1, 0.15) is 10.6 Å². The molecule has 0 saturated carbocycles. The van der Waals surface area contributed by atoms with E-state index in [0.717, 1.165) is 17.7 Å². The van der Waals surface area contributed by atoms with E-state index in [4.69, 9.17) is 4.74 Å². The molecule has 0 atom stereocenters. The second-order valence-electron chi connectivity index (χ2n) is 6.36. The van der Waals surface area contributed by atoms with Crippen LogP contribution in [0.25, 0.3) is 0 Å². The van der Waals surface area contributed by atoms with Crippen molar-refractivity contribution in [1.82, 2.24) is 4.31 Å². The highest BCUT2D eigenvalue weighted by Crippen LogP contribution is 2.32. The fraction of sp³-hybridized carbons (Fsp3) is 0.350. The molecule has 1 saturated heterocycles. The monoisotopic (exact) mass is 420 g/mol. The molecule has 0 aliphatic carbocycles. The zero-order valence-electron chi connectivity index (χ0n) is 16.0. The summed E-state index contributed by atoms with van der Waals surface area (Å²) in [6, 6.07) is 12.0.